The van der Waals surface area contributed by atoms with Gasteiger partial charge in [0.05, 0.1) is 15.1 Å². The van der Waals surface area contributed by atoms with Gasteiger partial charge in [0.25, 0.3) is 0 Å². The summed E-state index contributed by atoms with van der Waals surface area (Å²) in [6, 6.07) is 2.58. The summed E-state index contributed by atoms with van der Waals surface area (Å²) in [6.45, 7) is 0. The van der Waals surface area contributed by atoms with Gasteiger partial charge in [-0.15, -0.1) is 11.3 Å². The van der Waals surface area contributed by atoms with Gasteiger partial charge in [0.1, 0.15) is 11.0 Å². The fourth-order valence-corrected chi connectivity index (χ4v) is 2.52. The lowest BCUT2D eigenvalue weighted by Crippen LogP contribution is -2.21. The molecule has 0 aromatic carbocycles. The van der Waals surface area contributed by atoms with Crippen LogP contribution in [0.1, 0.15) is 23.9 Å². The van der Waals surface area contributed by atoms with Crippen molar-refractivity contribution in [2.45, 2.75) is 24.9 Å². The third kappa shape index (κ3) is 2.39. The number of nitriles is 1. The first-order chi connectivity index (χ1) is 6.29. The summed E-state index contributed by atoms with van der Waals surface area (Å²) in [5.41, 5.74) is 0. The Kier molecular flexibility index (Phi) is 2.81. The molecule has 68 valence electrons. The zero-order valence-corrected chi connectivity index (χ0v) is 9.80. The Morgan fingerprint density at radius 2 is 2.54 bits per heavy atom. The molecule has 1 aromatic heterocycles. The molecule has 13 heavy (non-hydrogen) atoms. The number of nitrogens with zero attached hydrogens (tertiary/aromatic N) is 2. The number of nitrogens with one attached hydrogen (secondary N) is 1. The fraction of sp³-hybridized carbons (Fsp3) is 0.500. The summed E-state index contributed by atoms with van der Waals surface area (Å²) in [7, 11) is 0. The second-order valence-electron chi connectivity index (χ2n) is 3.01. The topological polar surface area (TPSA) is 48.7 Å². The third-order valence-electron chi connectivity index (χ3n) is 1.85. The van der Waals surface area contributed by atoms with Crippen molar-refractivity contribution < 1.29 is 0 Å². The molecule has 1 saturated carbocycles. The number of rotatable bonds is 3. The summed E-state index contributed by atoms with van der Waals surface area (Å²) < 4.78 is 1.13. The molecule has 1 atom stereocenters. The van der Waals surface area contributed by atoms with Gasteiger partial charge in [-0.05, 0) is 35.4 Å². The molecule has 1 N–H and O–H groups in total. The third-order valence-corrected chi connectivity index (χ3v) is 3.64. The number of halogens is 1. The SMILES string of the molecule is N#CC(NC1CC1)c1ncc(I)s1. The molecule has 1 aromatic rings. The van der Waals surface area contributed by atoms with Crippen LogP contribution < -0.4 is 5.32 Å². The minimum absolute atomic E-state index is 0.207. The van der Waals surface area contributed by atoms with Crippen molar-refractivity contribution in [1.29, 1.82) is 5.26 Å². The van der Waals surface area contributed by atoms with E-state index in [1.165, 1.54) is 12.8 Å². The van der Waals surface area contributed by atoms with Crippen LogP contribution in [0.25, 0.3) is 0 Å². The van der Waals surface area contributed by atoms with Crippen molar-refractivity contribution in [2.75, 3.05) is 0 Å². The van der Waals surface area contributed by atoms with Crippen LogP contribution >= 0.6 is 33.9 Å². The number of thiazole rings is 1. The van der Waals surface area contributed by atoms with E-state index in [0.29, 0.717) is 6.04 Å². The van der Waals surface area contributed by atoms with Crippen LogP contribution in [-0.4, -0.2) is 11.0 Å². The predicted molar refractivity (Wildman–Crippen MR) is 59.3 cm³/mol. The monoisotopic (exact) mass is 305 g/mol. The lowest BCUT2D eigenvalue weighted by molar-refractivity contribution is 0.623. The normalized spacial score (nSPS) is 18.2. The van der Waals surface area contributed by atoms with E-state index in [1.54, 1.807) is 17.5 Å². The maximum atomic E-state index is 8.92. The van der Waals surface area contributed by atoms with Crippen LogP contribution in [0.2, 0.25) is 0 Å². The lowest BCUT2D eigenvalue weighted by Gasteiger charge is -2.05. The first-order valence-corrected chi connectivity index (χ1v) is 5.96. The Morgan fingerprint density at radius 3 is 3.00 bits per heavy atom. The van der Waals surface area contributed by atoms with Crippen LogP contribution in [0.3, 0.4) is 0 Å². The van der Waals surface area contributed by atoms with Gasteiger partial charge < -0.3 is 0 Å². The van der Waals surface area contributed by atoms with E-state index in [1.807, 2.05) is 0 Å². The molecule has 0 amide bonds. The quantitative estimate of drug-likeness (QED) is 0.870. The molecule has 1 aliphatic rings. The highest BCUT2D eigenvalue weighted by atomic mass is 127. The summed E-state index contributed by atoms with van der Waals surface area (Å²) in [4.78, 5) is 4.19. The number of hydrogen-bond acceptors (Lipinski definition) is 4. The van der Waals surface area contributed by atoms with Crippen LogP contribution in [0.15, 0.2) is 6.20 Å². The van der Waals surface area contributed by atoms with Crippen molar-refractivity contribution >= 4 is 33.9 Å². The van der Waals surface area contributed by atoms with Crippen molar-refractivity contribution in [2.24, 2.45) is 0 Å². The average Bonchev–Trinajstić information content (AvgIpc) is 2.84. The van der Waals surface area contributed by atoms with E-state index in [2.05, 4.69) is 39.0 Å². The highest BCUT2D eigenvalue weighted by Gasteiger charge is 2.26. The van der Waals surface area contributed by atoms with Gasteiger partial charge in [0.15, 0.2) is 0 Å². The fourth-order valence-electron chi connectivity index (χ4n) is 1.05. The molecule has 0 saturated heterocycles. The zero-order valence-electron chi connectivity index (χ0n) is 6.83. The molecule has 0 spiro atoms. The highest BCUT2D eigenvalue weighted by Crippen LogP contribution is 2.26. The van der Waals surface area contributed by atoms with Crippen LogP contribution in [0.5, 0.6) is 0 Å². The molecular weight excluding hydrogens is 297 g/mol. The van der Waals surface area contributed by atoms with E-state index in [4.69, 9.17) is 5.26 Å². The molecular formula is C8H8IN3S. The Morgan fingerprint density at radius 1 is 1.77 bits per heavy atom. The molecule has 1 aliphatic carbocycles. The molecule has 0 radical (unpaired) electrons. The first-order valence-electron chi connectivity index (χ1n) is 4.06. The second-order valence-corrected chi connectivity index (χ2v) is 5.96. The average molecular weight is 305 g/mol. The Bertz CT molecular complexity index is 339. The zero-order chi connectivity index (χ0) is 9.26. The summed E-state index contributed by atoms with van der Waals surface area (Å²) in [5.74, 6) is 0. The number of hydrogen-bond donors (Lipinski definition) is 1. The van der Waals surface area contributed by atoms with Gasteiger partial charge >= 0.3 is 0 Å². The maximum absolute atomic E-state index is 8.92. The van der Waals surface area contributed by atoms with Crippen LogP contribution in [0.4, 0.5) is 0 Å². The van der Waals surface area contributed by atoms with E-state index < -0.39 is 0 Å². The smallest absolute Gasteiger partial charge is 0.148 e. The van der Waals surface area contributed by atoms with Crippen LogP contribution in [0, 0.1) is 14.2 Å². The van der Waals surface area contributed by atoms with Crippen molar-refractivity contribution in [3.05, 3.63) is 14.1 Å². The molecule has 5 heteroatoms. The Balaban J connectivity index is 2.07. The minimum Gasteiger partial charge on any atom is -0.293 e. The minimum atomic E-state index is -0.207. The van der Waals surface area contributed by atoms with Gasteiger partial charge in [-0.2, -0.15) is 5.26 Å². The Hall–Kier alpha value is -0.190. The van der Waals surface area contributed by atoms with E-state index in [-0.39, 0.29) is 6.04 Å². The van der Waals surface area contributed by atoms with Crippen LogP contribution in [-0.2, 0) is 0 Å². The molecule has 1 fully saturated rings. The molecule has 0 bridgehead atoms. The van der Waals surface area contributed by atoms with Gasteiger partial charge in [0.2, 0.25) is 0 Å². The highest BCUT2D eigenvalue weighted by molar-refractivity contribution is 14.1. The van der Waals surface area contributed by atoms with Crippen molar-refractivity contribution in [3.63, 3.8) is 0 Å². The standard InChI is InChI=1S/C8H8IN3S/c9-7-4-11-8(13-7)6(3-10)12-5-1-2-5/h4-6,12H,1-2H2. The molecule has 1 heterocycles. The van der Waals surface area contributed by atoms with Crippen molar-refractivity contribution in [1.82, 2.24) is 10.3 Å². The van der Waals surface area contributed by atoms with E-state index in [9.17, 15) is 0 Å². The van der Waals surface area contributed by atoms with Gasteiger partial charge in [-0.3, -0.25) is 5.32 Å². The van der Waals surface area contributed by atoms with Gasteiger partial charge in [0, 0.05) is 6.04 Å². The molecule has 1 unspecified atom stereocenters. The predicted octanol–water partition coefficient (Wildman–Crippen LogP) is 2.06. The summed E-state index contributed by atoms with van der Waals surface area (Å²) >= 11 is 3.80. The van der Waals surface area contributed by atoms with Gasteiger partial charge in [-0.1, -0.05) is 0 Å². The molecule has 2 rings (SSSR count). The summed E-state index contributed by atoms with van der Waals surface area (Å²) in [6.07, 6.45) is 4.20. The molecule has 0 aliphatic heterocycles. The molecule has 3 nitrogen and oxygen atoms in total. The number of aromatic nitrogens is 1. The lowest BCUT2D eigenvalue weighted by atomic mass is 10.3. The Labute approximate surface area is 94.3 Å². The largest absolute Gasteiger partial charge is 0.293 e. The van der Waals surface area contributed by atoms with E-state index >= 15 is 0 Å². The maximum Gasteiger partial charge on any atom is 0.148 e. The first kappa shape index (κ1) is 9.37. The van der Waals surface area contributed by atoms with E-state index in [0.717, 1.165) is 7.89 Å². The van der Waals surface area contributed by atoms with Crippen molar-refractivity contribution in [3.8, 4) is 6.07 Å². The summed E-state index contributed by atoms with van der Waals surface area (Å²) in [5, 5.41) is 13.1. The second kappa shape index (κ2) is 3.90. The van der Waals surface area contributed by atoms with Gasteiger partial charge in [-0.25, -0.2) is 4.98 Å².